The van der Waals surface area contributed by atoms with Gasteiger partial charge in [0.2, 0.25) is 23.4 Å². The van der Waals surface area contributed by atoms with E-state index >= 15 is 0 Å². The third-order valence-electron chi connectivity index (χ3n) is 7.69. The molecule has 0 atom stereocenters. The Labute approximate surface area is 383 Å². The number of halogens is 14. The van der Waals surface area contributed by atoms with E-state index in [0.29, 0.717) is 11.1 Å². The summed E-state index contributed by atoms with van der Waals surface area (Å²) >= 11 is 6.70. The molecule has 0 aliphatic rings. The van der Waals surface area contributed by atoms with Gasteiger partial charge in [-0.15, -0.1) is 20.4 Å². The van der Waals surface area contributed by atoms with Crippen molar-refractivity contribution in [2.75, 3.05) is 7.11 Å². The van der Waals surface area contributed by atoms with Crippen molar-refractivity contribution >= 4 is 33.6 Å². The fourth-order valence-electron chi connectivity index (χ4n) is 4.21. The van der Waals surface area contributed by atoms with Crippen molar-refractivity contribution in [3.05, 3.63) is 73.1 Å². The van der Waals surface area contributed by atoms with Crippen LogP contribution < -0.4 is 9.47 Å². The van der Waals surface area contributed by atoms with Gasteiger partial charge in [-0.2, -0.15) is 57.1 Å². The molecule has 0 radical (unpaired) electrons. The Hall–Kier alpha value is -5.17. The summed E-state index contributed by atoms with van der Waals surface area (Å²) in [4.78, 5) is 15.8. The van der Waals surface area contributed by atoms with Gasteiger partial charge in [-0.3, -0.25) is 18.8 Å². The maximum absolute atomic E-state index is 13.8. The Balaban J connectivity index is 0.000000545. The molecule has 16 nitrogen and oxygen atoms in total. The topological polar surface area (TPSA) is 191 Å². The summed E-state index contributed by atoms with van der Waals surface area (Å²) in [6.45, 7) is 3.50. The molecule has 6 heterocycles. The third kappa shape index (κ3) is 14.7. The van der Waals surface area contributed by atoms with Crippen LogP contribution in [0.15, 0.2) is 61.4 Å². The van der Waals surface area contributed by atoms with E-state index in [9.17, 15) is 57.1 Å². The van der Waals surface area contributed by atoms with Crippen molar-refractivity contribution in [2.24, 2.45) is 0 Å². The van der Waals surface area contributed by atoms with E-state index in [4.69, 9.17) is 32.7 Å². The van der Waals surface area contributed by atoms with E-state index < -0.39 is 62.9 Å². The van der Waals surface area contributed by atoms with Gasteiger partial charge in [0.05, 0.1) is 23.8 Å². The van der Waals surface area contributed by atoms with Crippen LogP contribution in [0.25, 0.3) is 33.8 Å². The molecular weight excluding hydrogens is 1070 g/mol. The number of alkyl halides is 14. The van der Waals surface area contributed by atoms with Gasteiger partial charge in [0.25, 0.3) is 0 Å². The molecular formula is C34H33AgClF13N10O6S-. The number of aromatic nitrogens is 10. The Morgan fingerprint density at radius 1 is 0.576 bits per heavy atom. The van der Waals surface area contributed by atoms with Crippen LogP contribution in [-0.4, -0.2) is 85.3 Å². The monoisotopic (exact) mass is 1100 g/mol. The number of methoxy groups -OCH3 is 1. The summed E-state index contributed by atoms with van der Waals surface area (Å²) < 4.78 is 205. The SMILES string of the molecule is C.C.CC(C)(Oc1ccc(-c2cn3c(C(F)(F)Cl)nnc3cn2)cn1)C(F)(F)F.COC(F)(F)c1nnc2cnc(-c3ccc(OC(C)(C)C(F)(F)F)nc3)cn12.O=[S-](=O)C(F)(F)F.[O]=[Ag]. The number of nitrogens with zero attached hydrogens (tertiary/aromatic N) is 10. The van der Waals surface area contributed by atoms with Gasteiger partial charge in [0.1, 0.15) is 0 Å². The molecule has 371 valence electrons. The van der Waals surface area contributed by atoms with Crippen LogP contribution >= 0.6 is 11.6 Å². The fourth-order valence-corrected chi connectivity index (χ4v) is 4.34. The zero-order chi connectivity index (χ0) is 48.9. The Bertz CT molecular complexity index is 2580. The minimum atomic E-state index is -5.08. The molecule has 6 aromatic heterocycles. The average molecular weight is 1100 g/mol. The van der Waals surface area contributed by atoms with Gasteiger partial charge in [-0.25, -0.2) is 9.97 Å². The number of hydrogen-bond donors (Lipinski definition) is 0. The number of ether oxygens (including phenoxy) is 3. The predicted octanol–water partition coefficient (Wildman–Crippen LogP) is 9.76. The van der Waals surface area contributed by atoms with Crippen molar-refractivity contribution < 1.29 is 104 Å². The molecule has 0 aliphatic heterocycles. The summed E-state index contributed by atoms with van der Waals surface area (Å²) in [5, 5.41) is 10.1. The van der Waals surface area contributed by atoms with E-state index in [1.165, 1.54) is 61.4 Å². The quantitative estimate of drug-likeness (QED) is 0.0575. The normalized spacial score (nSPS) is 12.4. The average Bonchev–Trinajstić information content (AvgIpc) is 3.83. The summed E-state index contributed by atoms with van der Waals surface area (Å²) in [6.07, 6.45) is -5.54. The molecule has 0 aromatic carbocycles. The molecule has 0 unspecified atom stereocenters. The summed E-state index contributed by atoms with van der Waals surface area (Å²) in [7, 11) is -3.11. The maximum atomic E-state index is 13.8. The number of hydrogen-bond acceptors (Lipinski definition) is 15. The van der Waals surface area contributed by atoms with Gasteiger partial charge >= 0.3 is 53.6 Å². The molecule has 6 aromatic rings. The fraction of sp³-hybridized carbons (Fsp3) is 0.412. The Morgan fingerprint density at radius 2 is 0.924 bits per heavy atom. The van der Waals surface area contributed by atoms with Crippen molar-refractivity contribution in [3.8, 4) is 34.3 Å². The van der Waals surface area contributed by atoms with Crippen molar-refractivity contribution in [3.63, 3.8) is 0 Å². The molecule has 66 heavy (non-hydrogen) atoms. The first kappa shape index (κ1) is 58.8. The van der Waals surface area contributed by atoms with E-state index in [1.807, 2.05) is 0 Å². The van der Waals surface area contributed by atoms with Crippen LogP contribution in [0.3, 0.4) is 0 Å². The molecule has 6 rings (SSSR count). The minimum absolute atomic E-state index is 0. The zero-order valence-electron chi connectivity index (χ0n) is 32.2. The molecule has 0 fully saturated rings. The first-order valence-corrected chi connectivity index (χ1v) is 18.5. The zero-order valence-corrected chi connectivity index (χ0v) is 35.3. The molecule has 0 N–H and O–H groups in total. The van der Waals surface area contributed by atoms with Crippen LogP contribution in [-0.2, 0) is 59.6 Å². The standard InChI is InChI=1S/C16H14F5N5O2.C15H11ClF5N5O.CF3O2S.2CH4.Ag.O/c1-14(2,16(19,20)21)28-12-5-4-9(6-23-12)10-8-26-11(7-22-10)24-25-13(26)15(17,18)27-3;1-13(2,15(19,20)21)27-11-4-3-8(5-23-11)9-7-26-10(6-22-9)24-25-12(26)14(16,17)18;2-1(3,4)7(5)6;;;;/h4-8H,1-3H3;3-7H,1-2H3;;2*1H4;;/q;;-1;;;;. The molecule has 0 bridgehead atoms. The van der Waals surface area contributed by atoms with E-state index in [0.717, 1.165) is 43.6 Å². The Kier molecular flexibility index (Phi) is 19.7. The van der Waals surface area contributed by atoms with Crippen LogP contribution in [0.4, 0.5) is 57.1 Å². The van der Waals surface area contributed by atoms with Gasteiger partial charge in [-0.05, 0) is 51.4 Å². The van der Waals surface area contributed by atoms with Crippen molar-refractivity contribution in [2.45, 2.75) is 83.1 Å². The second kappa shape index (κ2) is 22.1. The van der Waals surface area contributed by atoms with Gasteiger partial charge in [-0.1, -0.05) is 14.9 Å². The van der Waals surface area contributed by atoms with Crippen molar-refractivity contribution in [1.29, 1.82) is 0 Å². The number of fused-ring (bicyclic) bond motifs is 2. The molecule has 32 heteroatoms. The second-order valence-electron chi connectivity index (χ2n) is 12.9. The van der Waals surface area contributed by atoms with Crippen LogP contribution in [0.2, 0.25) is 0 Å². The van der Waals surface area contributed by atoms with Crippen LogP contribution in [0, 0.1) is 0 Å². The second-order valence-corrected chi connectivity index (χ2v) is 14.3. The molecule has 0 saturated heterocycles. The van der Waals surface area contributed by atoms with Gasteiger partial charge in [0, 0.05) is 65.9 Å². The van der Waals surface area contributed by atoms with Gasteiger partial charge in [0.15, 0.2) is 22.5 Å². The number of pyridine rings is 2. The van der Waals surface area contributed by atoms with Crippen LogP contribution in [0.1, 0.15) is 54.2 Å². The summed E-state index contributed by atoms with van der Waals surface area (Å²) in [5.74, 6) is -2.03. The summed E-state index contributed by atoms with van der Waals surface area (Å²) in [6, 6.07) is 5.25. The first-order valence-electron chi connectivity index (χ1n) is 16.4. The van der Waals surface area contributed by atoms with Gasteiger partial charge < -0.3 is 22.6 Å². The number of rotatable bonds is 9. The predicted molar refractivity (Wildman–Crippen MR) is 199 cm³/mol. The molecule has 0 spiro atoms. The molecule has 0 aliphatic carbocycles. The van der Waals surface area contributed by atoms with E-state index in [-0.39, 0.29) is 49.3 Å². The van der Waals surface area contributed by atoms with Crippen LogP contribution in [0.5, 0.6) is 11.8 Å². The third-order valence-corrected chi connectivity index (χ3v) is 8.24. The molecule has 0 saturated carbocycles. The van der Waals surface area contributed by atoms with E-state index in [2.05, 4.69) is 45.1 Å². The Morgan fingerprint density at radius 3 is 1.21 bits per heavy atom. The first-order chi connectivity index (χ1) is 29.3. The summed E-state index contributed by atoms with van der Waals surface area (Å²) in [5.41, 5.74) is -8.69. The van der Waals surface area contributed by atoms with E-state index in [1.54, 1.807) is 21.0 Å². The van der Waals surface area contributed by atoms with Crippen molar-refractivity contribution in [1.82, 2.24) is 49.1 Å². The molecule has 0 amide bonds.